The minimum Gasteiger partial charge on any atom is -1.00 e. The Balaban J connectivity index is 0. The molecule has 0 unspecified atom stereocenters. The van der Waals surface area contributed by atoms with Gasteiger partial charge in [0, 0.05) is 6.20 Å². The van der Waals surface area contributed by atoms with Gasteiger partial charge in [-0.15, -0.1) is 0 Å². The molecule has 50 valence electrons. The van der Waals surface area contributed by atoms with Crippen molar-refractivity contribution in [2.24, 2.45) is 0 Å². The average molecular weight is 170 g/mol. The van der Waals surface area contributed by atoms with Crippen molar-refractivity contribution < 1.29 is 57.2 Å². The zero-order valence-electron chi connectivity index (χ0n) is 6.27. The summed E-state index contributed by atoms with van der Waals surface area (Å²) in [4.78, 5) is 24.0. The summed E-state index contributed by atoms with van der Waals surface area (Å²) in [5.41, 5.74) is -1.71. The van der Waals surface area contributed by atoms with Gasteiger partial charge < -0.3 is 6.41 Å². The van der Waals surface area contributed by atoms with Crippen LogP contribution in [0.5, 0.6) is 0 Å². The predicted octanol–water partition coefficient (Wildman–Crippen LogP) is -3.68. The molecular weight excluding hydrogens is 166 g/mol. The van der Waals surface area contributed by atoms with Crippen LogP contribution in [0.2, 0.25) is 0 Å². The number of hydrogen-bond donors (Lipinski definition) is 2. The maximum absolute atomic E-state index is 12.0. The number of H-pyrrole nitrogens is 2. The molecule has 10 heavy (non-hydrogen) atoms. The summed E-state index contributed by atoms with van der Waals surface area (Å²) < 4.78 is 12.0. The number of nitrogens with one attached hydrogen (secondary N) is 2. The SMILES string of the molecule is O=c1[nH]cc(F)c(=O)[nH]1.[H-].[K+]. The molecule has 0 aromatic carbocycles. The van der Waals surface area contributed by atoms with Crippen molar-refractivity contribution in [1.29, 1.82) is 0 Å². The van der Waals surface area contributed by atoms with Crippen LogP contribution in [-0.4, -0.2) is 9.97 Å². The summed E-state index contributed by atoms with van der Waals surface area (Å²) in [6, 6.07) is 0. The topological polar surface area (TPSA) is 65.7 Å². The van der Waals surface area contributed by atoms with Crippen molar-refractivity contribution in [2.75, 3.05) is 0 Å². The van der Waals surface area contributed by atoms with Crippen molar-refractivity contribution >= 4 is 0 Å². The second-order valence-corrected chi connectivity index (χ2v) is 1.42. The van der Waals surface area contributed by atoms with Crippen molar-refractivity contribution in [3.05, 3.63) is 32.9 Å². The van der Waals surface area contributed by atoms with Gasteiger partial charge in [0.25, 0.3) is 5.56 Å². The number of hydrogen-bond acceptors (Lipinski definition) is 2. The van der Waals surface area contributed by atoms with Gasteiger partial charge in [-0.1, -0.05) is 0 Å². The molecule has 0 saturated carbocycles. The van der Waals surface area contributed by atoms with Crippen molar-refractivity contribution in [1.82, 2.24) is 9.97 Å². The largest absolute Gasteiger partial charge is 1.00 e. The third-order valence-electron chi connectivity index (χ3n) is 0.774. The van der Waals surface area contributed by atoms with E-state index in [0.29, 0.717) is 6.20 Å². The van der Waals surface area contributed by atoms with E-state index < -0.39 is 17.1 Å². The first-order valence-electron chi connectivity index (χ1n) is 2.17. The van der Waals surface area contributed by atoms with Crippen LogP contribution in [0.15, 0.2) is 15.8 Å². The van der Waals surface area contributed by atoms with Crippen LogP contribution in [-0.2, 0) is 0 Å². The van der Waals surface area contributed by atoms with E-state index in [4.69, 9.17) is 0 Å². The number of rotatable bonds is 0. The second kappa shape index (κ2) is 4.19. The first kappa shape index (κ1) is 10.2. The molecule has 2 N–H and O–H groups in total. The summed E-state index contributed by atoms with van der Waals surface area (Å²) in [7, 11) is 0. The van der Waals surface area contributed by atoms with E-state index in [-0.39, 0.29) is 52.8 Å². The molecule has 0 aliphatic heterocycles. The summed E-state index contributed by atoms with van der Waals surface area (Å²) in [6.07, 6.45) is 0.709. The van der Waals surface area contributed by atoms with E-state index >= 15 is 0 Å². The van der Waals surface area contributed by atoms with E-state index in [9.17, 15) is 14.0 Å². The van der Waals surface area contributed by atoms with Crippen LogP contribution in [0, 0.1) is 5.82 Å². The standard InChI is InChI=1S/C4H3FN2O2.K.H/c5-2-1-6-4(9)7-3(2)8;;/h1H,(H2,6,7,8,9);;/q;+1;-1. The molecule has 0 fully saturated rings. The van der Waals surface area contributed by atoms with Crippen LogP contribution in [0.4, 0.5) is 4.39 Å². The molecule has 0 spiro atoms. The molecule has 0 atom stereocenters. The fraction of sp³-hybridized carbons (Fsp3) is 0. The molecule has 0 bridgehead atoms. The van der Waals surface area contributed by atoms with E-state index in [2.05, 4.69) is 0 Å². The van der Waals surface area contributed by atoms with Gasteiger partial charge in [0.2, 0.25) is 5.82 Å². The first-order chi connectivity index (χ1) is 4.20. The van der Waals surface area contributed by atoms with E-state index in [1.54, 1.807) is 4.98 Å². The van der Waals surface area contributed by atoms with Crippen molar-refractivity contribution in [3.63, 3.8) is 0 Å². The molecule has 1 heterocycles. The van der Waals surface area contributed by atoms with Gasteiger partial charge in [-0.3, -0.25) is 9.78 Å². The minimum atomic E-state index is -1.00. The fourth-order valence-electron chi connectivity index (χ4n) is 0.393. The predicted molar refractivity (Wildman–Crippen MR) is 28.8 cm³/mol. The van der Waals surface area contributed by atoms with Gasteiger partial charge in [0.05, 0.1) is 0 Å². The Hall–Kier alpha value is 0.246. The Kier molecular flexibility index (Phi) is 4.30. The van der Waals surface area contributed by atoms with Gasteiger partial charge in [-0.05, 0) is 0 Å². The maximum atomic E-state index is 12.0. The zero-order chi connectivity index (χ0) is 6.85. The van der Waals surface area contributed by atoms with E-state index in [1.165, 1.54) is 0 Å². The van der Waals surface area contributed by atoms with Gasteiger partial charge in [-0.25, -0.2) is 4.79 Å². The normalized spacial score (nSPS) is 8.50. The molecule has 1 aromatic heterocycles. The first-order valence-corrected chi connectivity index (χ1v) is 2.17. The maximum Gasteiger partial charge on any atom is 1.00 e. The fourth-order valence-corrected chi connectivity index (χ4v) is 0.393. The molecule has 6 heteroatoms. The molecule has 0 saturated heterocycles. The molecule has 0 radical (unpaired) electrons. The summed E-state index contributed by atoms with van der Waals surface area (Å²) in [5, 5.41) is 0. The van der Waals surface area contributed by atoms with Crippen LogP contribution < -0.4 is 62.6 Å². The molecule has 0 aliphatic rings. The van der Waals surface area contributed by atoms with Crippen molar-refractivity contribution in [3.8, 4) is 0 Å². The van der Waals surface area contributed by atoms with E-state index in [0.717, 1.165) is 0 Å². The average Bonchev–Trinajstić information content (AvgIpc) is 1.80. The second-order valence-electron chi connectivity index (χ2n) is 1.42. The van der Waals surface area contributed by atoms with Crippen LogP contribution in [0.1, 0.15) is 1.43 Å². The summed E-state index contributed by atoms with van der Waals surface area (Å²) in [6.45, 7) is 0. The van der Waals surface area contributed by atoms with Gasteiger partial charge >= 0.3 is 57.1 Å². The third kappa shape index (κ3) is 2.47. The molecule has 4 nitrogen and oxygen atoms in total. The minimum absolute atomic E-state index is 0. The van der Waals surface area contributed by atoms with Crippen molar-refractivity contribution in [2.45, 2.75) is 0 Å². The Labute approximate surface area is 98.8 Å². The van der Waals surface area contributed by atoms with E-state index in [1.807, 2.05) is 4.98 Å². The Morgan fingerprint density at radius 1 is 1.50 bits per heavy atom. The Morgan fingerprint density at radius 2 is 2.10 bits per heavy atom. The number of halogens is 1. The van der Waals surface area contributed by atoms with Gasteiger partial charge in [0.15, 0.2) is 0 Å². The summed E-state index contributed by atoms with van der Waals surface area (Å²) in [5.74, 6) is -0.991. The monoisotopic (exact) mass is 170 g/mol. The van der Waals surface area contributed by atoms with Crippen LogP contribution in [0.25, 0.3) is 0 Å². The smallest absolute Gasteiger partial charge is 1.00 e. The molecule has 0 aliphatic carbocycles. The molecule has 1 aromatic rings. The molecule has 1 rings (SSSR count). The molecule has 0 amide bonds. The Bertz CT molecular complexity index is 322. The molecular formula is C4H4FKN2O2. The third-order valence-corrected chi connectivity index (χ3v) is 0.774. The summed E-state index contributed by atoms with van der Waals surface area (Å²) >= 11 is 0. The van der Waals surface area contributed by atoms with Crippen LogP contribution in [0.3, 0.4) is 0 Å². The Morgan fingerprint density at radius 3 is 2.50 bits per heavy atom. The zero-order valence-corrected chi connectivity index (χ0v) is 8.39. The van der Waals surface area contributed by atoms with Gasteiger partial charge in [-0.2, -0.15) is 4.39 Å². The quantitative estimate of drug-likeness (QED) is 0.394. The number of aromatic nitrogens is 2. The van der Waals surface area contributed by atoms with Crippen LogP contribution >= 0.6 is 0 Å². The number of aromatic amines is 2. The van der Waals surface area contributed by atoms with Gasteiger partial charge in [0.1, 0.15) is 0 Å².